The highest BCUT2D eigenvalue weighted by Gasteiger charge is 2.29. The van der Waals surface area contributed by atoms with Crippen molar-refractivity contribution in [3.8, 4) is 0 Å². The normalized spacial score (nSPS) is 24.9. The van der Waals surface area contributed by atoms with Crippen LogP contribution in [-0.2, 0) is 9.53 Å². The van der Waals surface area contributed by atoms with Crippen LogP contribution in [0.5, 0.6) is 0 Å². The van der Waals surface area contributed by atoms with E-state index in [2.05, 4.69) is 10.6 Å². The molecule has 6 heteroatoms. The number of nitrogens with one attached hydrogen (secondary N) is 2. The molecule has 6 nitrogen and oxygen atoms in total. The van der Waals surface area contributed by atoms with E-state index in [0.29, 0.717) is 0 Å². The maximum absolute atomic E-state index is 11.0. The molecule has 0 unspecified atom stereocenters. The first-order valence-electron chi connectivity index (χ1n) is 4.40. The number of rotatable bonds is 4. The van der Waals surface area contributed by atoms with Crippen molar-refractivity contribution in [1.29, 1.82) is 0 Å². The molecule has 14 heavy (non-hydrogen) atoms. The van der Waals surface area contributed by atoms with Crippen LogP contribution in [0, 0.1) is 0 Å². The standard InChI is InChI=1S/C8H14N2O4/c1-14-6-2-5(3-6)10-8(13)9-4-7(11)12/h5-6H,2-4H2,1H3,(H,11,12)(H2,9,10,13). The quantitative estimate of drug-likeness (QED) is 0.576. The monoisotopic (exact) mass is 202 g/mol. The summed E-state index contributed by atoms with van der Waals surface area (Å²) in [5.74, 6) is -1.05. The number of amides is 2. The average Bonchev–Trinajstić information content (AvgIpc) is 2.07. The summed E-state index contributed by atoms with van der Waals surface area (Å²) in [5.41, 5.74) is 0. The Morgan fingerprint density at radius 3 is 2.64 bits per heavy atom. The summed E-state index contributed by atoms with van der Waals surface area (Å²) >= 11 is 0. The van der Waals surface area contributed by atoms with E-state index >= 15 is 0 Å². The van der Waals surface area contributed by atoms with Gasteiger partial charge in [0.05, 0.1) is 6.10 Å². The van der Waals surface area contributed by atoms with Gasteiger partial charge < -0.3 is 20.5 Å². The number of urea groups is 1. The highest BCUT2D eigenvalue weighted by atomic mass is 16.5. The lowest BCUT2D eigenvalue weighted by Gasteiger charge is -2.34. The van der Waals surface area contributed by atoms with Crippen molar-refractivity contribution in [2.45, 2.75) is 25.0 Å². The van der Waals surface area contributed by atoms with Crippen molar-refractivity contribution in [3.63, 3.8) is 0 Å². The molecule has 80 valence electrons. The van der Waals surface area contributed by atoms with Crippen molar-refractivity contribution in [3.05, 3.63) is 0 Å². The van der Waals surface area contributed by atoms with Gasteiger partial charge in [-0.1, -0.05) is 0 Å². The fourth-order valence-electron chi connectivity index (χ4n) is 1.27. The number of hydrogen-bond acceptors (Lipinski definition) is 3. The first kappa shape index (κ1) is 10.8. The summed E-state index contributed by atoms with van der Waals surface area (Å²) in [4.78, 5) is 21.1. The van der Waals surface area contributed by atoms with E-state index in [1.54, 1.807) is 7.11 Å². The summed E-state index contributed by atoms with van der Waals surface area (Å²) in [6, 6.07) is -0.333. The van der Waals surface area contributed by atoms with Gasteiger partial charge in [0.15, 0.2) is 0 Å². The van der Waals surface area contributed by atoms with Gasteiger partial charge in [-0.25, -0.2) is 4.79 Å². The molecule has 1 rings (SSSR count). The van der Waals surface area contributed by atoms with E-state index < -0.39 is 12.0 Å². The van der Waals surface area contributed by atoms with E-state index in [0.717, 1.165) is 12.8 Å². The molecule has 1 fully saturated rings. The van der Waals surface area contributed by atoms with E-state index in [1.165, 1.54) is 0 Å². The van der Waals surface area contributed by atoms with Gasteiger partial charge in [-0.3, -0.25) is 4.79 Å². The molecule has 0 aromatic heterocycles. The minimum atomic E-state index is -1.05. The number of aliphatic carboxylic acids is 1. The highest BCUT2D eigenvalue weighted by molar-refractivity contribution is 5.80. The summed E-state index contributed by atoms with van der Waals surface area (Å²) in [6.45, 7) is -0.355. The van der Waals surface area contributed by atoms with Gasteiger partial charge in [0.1, 0.15) is 6.54 Å². The van der Waals surface area contributed by atoms with Gasteiger partial charge in [-0.2, -0.15) is 0 Å². The first-order valence-corrected chi connectivity index (χ1v) is 4.40. The SMILES string of the molecule is COC1CC(NC(=O)NCC(=O)O)C1. The number of methoxy groups -OCH3 is 1. The minimum absolute atomic E-state index is 0.105. The second-order valence-electron chi connectivity index (χ2n) is 3.25. The van der Waals surface area contributed by atoms with Crippen LogP contribution >= 0.6 is 0 Å². The topological polar surface area (TPSA) is 87.7 Å². The Hall–Kier alpha value is -1.30. The van der Waals surface area contributed by atoms with E-state index in [4.69, 9.17) is 9.84 Å². The maximum Gasteiger partial charge on any atom is 0.323 e. The maximum atomic E-state index is 11.0. The Kier molecular flexibility index (Phi) is 3.70. The third-order valence-corrected chi connectivity index (χ3v) is 2.16. The van der Waals surface area contributed by atoms with Crippen molar-refractivity contribution >= 4 is 12.0 Å². The zero-order valence-corrected chi connectivity index (χ0v) is 7.95. The Balaban J connectivity index is 2.07. The van der Waals surface area contributed by atoms with Gasteiger partial charge in [-0.05, 0) is 12.8 Å². The molecule has 1 aliphatic carbocycles. The lowest BCUT2D eigenvalue weighted by Crippen LogP contribution is -2.51. The van der Waals surface area contributed by atoms with Crippen LogP contribution in [0.2, 0.25) is 0 Å². The van der Waals surface area contributed by atoms with Crippen LogP contribution in [0.25, 0.3) is 0 Å². The fraction of sp³-hybridized carbons (Fsp3) is 0.750. The number of carboxylic acids is 1. The predicted molar refractivity (Wildman–Crippen MR) is 48.0 cm³/mol. The third kappa shape index (κ3) is 3.21. The van der Waals surface area contributed by atoms with Crippen LogP contribution in [0.4, 0.5) is 4.79 Å². The molecule has 0 aliphatic heterocycles. The molecule has 0 atom stereocenters. The summed E-state index contributed by atoms with van der Waals surface area (Å²) < 4.78 is 5.03. The average molecular weight is 202 g/mol. The molecule has 0 radical (unpaired) electrons. The minimum Gasteiger partial charge on any atom is -0.480 e. The molecule has 0 bridgehead atoms. The Bertz CT molecular complexity index is 225. The van der Waals surface area contributed by atoms with Crippen LogP contribution in [0.15, 0.2) is 0 Å². The zero-order valence-electron chi connectivity index (χ0n) is 7.95. The van der Waals surface area contributed by atoms with Crippen LogP contribution in [0.3, 0.4) is 0 Å². The Morgan fingerprint density at radius 2 is 2.14 bits per heavy atom. The van der Waals surface area contributed by atoms with Crippen LogP contribution < -0.4 is 10.6 Å². The molecule has 1 saturated carbocycles. The molecule has 0 aromatic carbocycles. The van der Waals surface area contributed by atoms with Gasteiger partial charge in [0.2, 0.25) is 0 Å². The molecule has 0 aromatic rings. The Labute approximate surface area is 81.6 Å². The van der Waals surface area contributed by atoms with Crippen molar-refractivity contribution in [1.82, 2.24) is 10.6 Å². The number of carbonyl (C=O) groups excluding carboxylic acids is 1. The number of hydrogen-bond donors (Lipinski definition) is 3. The van der Waals surface area contributed by atoms with Gasteiger partial charge in [0.25, 0.3) is 0 Å². The molecule has 0 saturated heterocycles. The Morgan fingerprint density at radius 1 is 1.50 bits per heavy atom. The summed E-state index contributed by atoms with van der Waals surface area (Å²) in [7, 11) is 1.63. The molecular formula is C8H14N2O4. The van der Waals surface area contributed by atoms with E-state index in [1.807, 2.05) is 0 Å². The van der Waals surface area contributed by atoms with Crippen molar-refractivity contribution < 1.29 is 19.4 Å². The van der Waals surface area contributed by atoms with E-state index in [9.17, 15) is 9.59 Å². The number of carboxylic acid groups (broad SMARTS) is 1. The predicted octanol–water partition coefficient (Wildman–Crippen LogP) is -0.452. The van der Waals surface area contributed by atoms with Crippen LogP contribution in [0.1, 0.15) is 12.8 Å². The summed E-state index contributed by atoms with van der Waals surface area (Å²) in [6.07, 6.45) is 1.80. The van der Waals surface area contributed by atoms with E-state index in [-0.39, 0.29) is 18.7 Å². The third-order valence-electron chi connectivity index (χ3n) is 2.16. The summed E-state index contributed by atoms with van der Waals surface area (Å²) in [5, 5.41) is 13.2. The van der Waals surface area contributed by atoms with Gasteiger partial charge in [0, 0.05) is 13.2 Å². The molecule has 3 N–H and O–H groups in total. The number of carbonyl (C=O) groups is 2. The lowest BCUT2D eigenvalue weighted by atomic mass is 9.89. The van der Waals surface area contributed by atoms with Crippen LogP contribution in [-0.4, -0.2) is 42.9 Å². The van der Waals surface area contributed by atoms with Gasteiger partial charge in [-0.15, -0.1) is 0 Å². The first-order chi connectivity index (χ1) is 6.61. The molecule has 1 aliphatic rings. The fourth-order valence-corrected chi connectivity index (χ4v) is 1.27. The molecule has 0 spiro atoms. The molecule has 2 amide bonds. The zero-order chi connectivity index (χ0) is 10.6. The molecular weight excluding hydrogens is 188 g/mol. The lowest BCUT2D eigenvalue weighted by molar-refractivity contribution is -0.135. The van der Waals surface area contributed by atoms with Gasteiger partial charge >= 0.3 is 12.0 Å². The highest BCUT2D eigenvalue weighted by Crippen LogP contribution is 2.22. The number of ether oxygens (including phenoxy) is 1. The second kappa shape index (κ2) is 4.80. The van der Waals surface area contributed by atoms with Crippen molar-refractivity contribution in [2.24, 2.45) is 0 Å². The smallest absolute Gasteiger partial charge is 0.323 e. The second-order valence-corrected chi connectivity index (χ2v) is 3.25. The van der Waals surface area contributed by atoms with Crippen molar-refractivity contribution in [2.75, 3.05) is 13.7 Å². The molecule has 0 heterocycles. The largest absolute Gasteiger partial charge is 0.480 e.